The summed E-state index contributed by atoms with van der Waals surface area (Å²) in [5.41, 5.74) is 0.486. The molecule has 2 aromatic rings. The molecule has 0 aliphatic rings. The van der Waals surface area contributed by atoms with Gasteiger partial charge in [-0.2, -0.15) is 5.10 Å². The van der Waals surface area contributed by atoms with E-state index in [1.54, 1.807) is 49.3 Å². The number of rotatable bonds is 6. The zero-order valence-corrected chi connectivity index (χ0v) is 13.3. The normalized spacial score (nSPS) is 10.6. The van der Waals surface area contributed by atoms with Crippen LogP contribution in [0, 0.1) is 5.92 Å². The number of carbonyl (C=O) groups excluding carboxylic acids is 1. The lowest BCUT2D eigenvalue weighted by Gasteiger charge is -2.13. The number of amides is 1. The molecule has 1 heterocycles. The van der Waals surface area contributed by atoms with Crippen molar-refractivity contribution in [3.05, 3.63) is 36.0 Å². The summed E-state index contributed by atoms with van der Waals surface area (Å²) in [6.07, 6.45) is 1.76. The molecule has 0 spiro atoms. The first-order valence-electron chi connectivity index (χ1n) is 7.11. The van der Waals surface area contributed by atoms with Crippen LogP contribution < -0.4 is 14.8 Å². The molecular formula is C16H21N3O3. The predicted molar refractivity (Wildman–Crippen MR) is 84.5 cm³/mol. The van der Waals surface area contributed by atoms with Crippen molar-refractivity contribution in [2.45, 2.75) is 13.8 Å². The zero-order valence-electron chi connectivity index (χ0n) is 13.3. The van der Waals surface area contributed by atoms with Gasteiger partial charge >= 0.3 is 0 Å². The maximum Gasteiger partial charge on any atom is 0.257 e. The van der Waals surface area contributed by atoms with Crippen molar-refractivity contribution < 1.29 is 14.3 Å². The van der Waals surface area contributed by atoms with Gasteiger partial charge in [-0.1, -0.05) is 13.8 Å². The highest BCUT2D eigenvalue weighted by Crippen LogP contribution is 2.28. The molecule has 0 saturated carbocycles. The zero-order chi connectivity index (χ0) is 16.1. The fraction of sp³-hybridized carbons (Fsp3) is 0.375. The van der Waals surface area contributed by atoms with E-state index in [0.717, 1.165) is 0 Å². The van der Waals surface area contributed by atoms with Crippen LogP contribution in [0.5, 0.6) is 11.5 Å². The Morgan fingerprint density at radius 3 is 2.68 bits per heavy atom. The van der Waals surface area contributed by atoms with Gasteiger partial charge in [-0.15, -0.1) is 0 Å². The van der Waals surface area contributed by atoms with Crippen LogP contribution in [0.25, 0.3) is 0 Å². The summed E-state index contributed by atoms with van der Waals surface area (Å²) in [6, 6.07) is 6.84. The lowest BCUT2D eigenvalue weighted by Crippen LogP contribution is -2.13. The number of benzene rings is 1. The molecule has 0 saturated heterocycles. The SMILES string of the molecule is COc1cc(C(=O)Nc2ccn(C)n2)ccc1OCC(C)C. The average Bonchev–Trinajstić information content (AvgIpc) is 2.89. The first-order chi connectivity index (χ1) is 10.5. The van der Waals surface area contributed by atoms with Gasteiger partial charge in [-0.05, 0) is 24.1 Å². The number of nitrogens with zero attached hydrogens (tertiary/aromatic N) is 2. The summed E-state index contributed by atoms with van der Waals surface area (Å²) in [4.78, 5) is 12.2. The van der Waals surface area contributed by atoms with Crippen molar-refractivity contribution in [2.24, 2.45) is 13.0 Å². The Hall–Kier alpha value is -2.50. The molecule has 2 rings (SSSR count). The number of anilines is 1. The Balaban J connectivity index is 2.12. The summed E-state index contributed by atoms with van der Waals surface area (Å²) in [7, 11) is 3.34. The molecule has 6 heteroatoms. The maximum absolute atomic E-state index is 12.2. The third kappa shape index (κ3) is 4.00. The average molecular weight is 303 g/mol. The molecule has 1 N–H and O–H groups in total. The number of ether oxygens (including phenoxy) is 2. The lowest BCUT2D eigenvalue weighted by molar-refractivity contribution is 0.102. The third-order valence-electron chi connectivity index (χ3n) is 2.95. The van der Waals surface area contributed by atoms with E-state index >= 15 is 0 Å². The molecule has 0 radical (unpaired) electrons. The van der Waals surface area contributed by atoms with Crippen molar-refractivity contribution in [3.63, 3.8) is 0 Å². The summed E-state index contributed by atoms with van der Waals surface area (Å²) in [6.45, 7) is 4.73. The van der Waals surface area contributed by atoms with E-state index in [1.807, 2.05) is 0 Å². The smallest absolute Gasteiger partial charge is 0.257 e. The van der Waals surface area contributed by atoms with Crippen LogP contribution >= 0.6 is 0 Å². The molecule has 6 nitrogen and oxygen atoms in total. The van der Waals surface area contributed by atoms with Gasteiger partial charge in [0.25, 0.3) is 5.91 Å². The molecule has 0 atom stereocenters. The van der Waals surface area contributed by atoms with Gasteiger partial charge in [-0.25, -0.2) is 0 Å². The van der Waals surface area contributed by atoms with Crippen molar-refractivity contribution in [2.75, 3.05) is 19.0 Å². The highest BCUT2D eigenvalue weighted by atomic mass is 16.5. The second-order valence-electron chi connectivity index (χ2n) is 5.40. The van der Waals surface area contributed by atoms with Crippen LogP contribution in [0.2, 0.25) is 0 Å². The first kappa shape index (κ1) is 15.9. The molecule has 0 bridgehead atoms. The minimum absolute atomic E-state index is 0.243. The summed E-state index contributed by atoms with van der Waals surface area (Å²) in [5, 5.41) is 6.85. The van der Waals surface area contributed by atoms with Gasteiger partial charge in [0.2, 0.25) is 0 Å². The van der Waals surface area contributed by atoms with E-state index in [0.29, 0.717) is 35.4 Å². The Morgan fingerprint density at radius 1 is 1.32 bits per heavy atom. The van der Waals surface area contributed by atoms with E-state index in [2.05, 4.69) is 24.3 Å². The number of hydrogen-bond donors (Lipinski definition) is 1. The Bertz CT molecular complexity index is 650. The van der Waals surface area contributed by atoms with Crippen molar-refractivity contribution >= 4 is 11.7 Å². The fourth-order valence-electron chi connectivity index (χ4n) is 1.85. The second-order valence-corrected chi connectivity index (χ2v) is 5.40. The third-order valence-corrected chi connectivity index (χ3v) is 2.95. The van der Waals surface area contributed by atoms with E-state index < -0.39 is 0 Å². The Morgan fingerprint density at radius 2 is 2.09 bits per heavy atom. The van der Waals surface area contributed by atoms with Crippen LogP contribution in [-0.4, -0.2) is 29.4 Å². The number of aromatic nitrogens is 2. The summed E-state index contributed by atoms with van der Waals surface area (Å²) in [5.74, 6) is 1.84. The topological polar surface area (TPSA) is 65.4 Å². The maximum atomic E-state index is 12.2. The Labute approximate surface area is 130 Å². The minimum Gasteiger partial charge on any atom is -0.493 e. The molecule has 0 aliphatic carbocycles. The van der Waals surface area contributed by atoms with E-state index in [9.17, 15) is 4.79 Å². The van der Waals surface area contributed by atoms with Crippen LogP contribution in [0.15, 0.2) is 30.5 Å². The van der Waals surface area contributed by atoms with Crippen LogP contribution in [0.4, 0.5) is 5.82 Å². The van der Waals surface area contributed by atoms with Gasteiger partial charge in [0.1, 0.15) is 0 Å². The molecule has 118 valence electrons. The molecule has 0 unspecified atom stereocenters. The fourth-order valence-corrected chi connectivity index (χ4v) is 1.85. The number of aryl methyl sites for hydroxylation is 1. The number of carbonyl (C=O) groups is 1. The van der Waals surface area contributed by atoms with E-state index in [-0.39, 0.29) is 5.91 Å². The Kier molecular flexibility index (Phi) is 5.04. The predicted octanol–water partition coefficient (Wildman–Crippen LogP) is 2.72. The molecule has 0 fully saturated rings. The van der Waals surface area contributed by atoms with Gasteiger partial charge in [-0.3, -0.25) is 9.48 Å². The van der Waals surface area contributed by atoms with Crippen LogP contribution in [0.3, 0.4) is 0 Å². The van der Waals surface area contributed by atoms with Crippen LogP contribution in [0.1, 0.15) is 24.2 Å². The van der Waals surface area contributed by atoms with E-state index in [4.69, 9.17) is 9.47 Å². The highest BCUT2D eigenvalue weighted by molar-refractivity contribution is 6.04. The largest absolute Gasteiger partial charge is 0.493 e. The lowest BCUT2D eigenvalue weighted by atomic mass is 10.2. The van der Waals surface area contributed by atoms with Gasteiger partial charge < -0.3 is 14.8 Å². The molecule has 1 aromatic heterocycles. The van der Waals surface area contributed by atoms with Crippen molar-refractivity contribution in [1.82, 2.24) is 9.78 Å². The van der Waals surface area contributed by atoms with Gasteiger partial charge in [0.15, 0.2) is 17.3 Å². The van der Waals surface area contributed by atoms with Crippen molar-refractivity contribution in [1.29, 1.82) is 0 Å². The number of nitrogens with one attached hydrogen (secondary N) is 1. The highest BCUT2D eigenvalue weighted by Gasteiger charge is 2.12. The molecule has 1 amide bonds. The summed E-state index contributed by atoms with van der Waals surface area (Å²) < 4.78 is 12.6. The molecular weight excluding hydrogens is 282 g/mol. The first-order valence-corrected chi connectivity index (χ1v) is 7.11. The number of methoxy groups -OCH3 is 1. The monoisotopic (exact) mass is 303 g/mol. The van der Waals surface area contributed by atoms with Crippen molar-refractivity contribution in [3.8, 4) is 11.5 Å². The summed E-state index contributed by atoms with van der Waals surface area (Å²) >= 11 is 0. The van der Waals surface area contributed by atoms with Crippen LogP contribution in [-0.2, 0) is 7.05 Å². The van der Waals surface area contributed by atoms with Gasteiger partial charge in [0.05, 0.1) is 13.7 Å². The standard InChI is InChI=1S/C16H21N3O3/c1-11(2)10-22-13-6-5-12(9-14(13)21-4)16(20)17-15-7-8-19(3)18-15/h5-9,11H,10H2,1-4H3,(H,17,18,20). The second kappa shape index (κ2) is 6.98. The minimum atomic E-state index is -0.243. The molecule has 22 heavy (non-hydrogen) atoms. The quantitative estimate of drug-likeness (QED) is 0.891. The van der Waals surface area contributed by atoms with E-state index in [1.165, 1.54) is 0 Å². The molecule has 0 aliphatic heterocycles. The molecule has 1 aromatic carbocycles. The number of hydrogen-bond acceptors (Lipinski definition) is 4. The van der Waals surface area contributed by atoms with Gasteiger partial charge in [0, 0.05) is 24.9 Å².